The molecule has 0 aromatic rings. The molecule has 1 aliphatic heterocycles. The van der Waals surface area contributed by atoms with Crippen LogP contribution in [0, 0.1) is 0 Å². The molecule has 1 rings (SSSR count). The number of hydrogen-bond donors (Lipinski definition) is 1. The molecule has 106 valence electrons. The van der Waals surface area contributed by atoms with Gasteiger partial charge in [0, 0.05) is 26.2 Å². The smallest absolute Gasteiger partial charge is 0.248 e. The fourth-order valence-corrected chi connectivity index (χ4v) is 2.18. The van der Waals surface area contributed by atoms with Crippen LogP contribution in [-0.4, -0.2) is 87.1 Å². The van der Waals surface area contributed by atoms with Gasteiger partial charge in [-0.15, -0.1) is 0 Å². The number of aliphatic hydroxyl groups excluding tert-OH is 1. The first-order valence-electron chi connectivity index (χ1n) is 6.23. The van der Waals surface area contributed by atoms with Crippen LogP contribution < -0.4 is 0 Å². The minimum Gasteiger partial charge on any atom is -0.391 e. The molecular weight excluding hydrogens is 236 g/mol. The van der Waals surface area contributed by atoms with Crippen molar-refractivity contribution in [1.82, 2.24) is 9.80 Å². The lowest BCUT2D eigenvalue weighted by Crippen LogP contribution is -2.43. The highest BCUT2D eigenvalue weighted by Gasteiger charge is 2.34. The maximum absolute atomic E-state index is 12.0. The van der Waals surface area contributed by atoms with Crippen molar-refractivity contribution >= 4 is 5.91 Å². The summed E-state index contributed by atoms with van der Waals surface area (Å²) in [6.07, 6.45) is 0.222. The fourth-order valence-electron chi connectivity index (χ4n) is 2.18. The number of hydrogen-bond acceptors (Lipinski definition) is 5. The Morgan fingerprint density at radius 1 is 1.44 bits per heavy atom. The number of carbonyl (C=O) groups is 1. The second kappa shape index (κ2) is 7.68. The molecule has 1 heterocycles. The predicted molar refractivity (Wildman–Crippen MR) is 67.4 cm³/mol. The van der Waals surface area contributed by atoms with Gasteiger partial charge in [0.05, 0.1) is 19.3 Å². The number of rotatable bonds is 7. The molecule has 6 heteroatoms. The third-order valence-electron chi connectivity index (χ3n) is 2.95. The standard InChI is InChI=1S/C12H24N2O4/c1-13(2)7-10-6-11(15)8-14(10)12(16)9-18-5-4-17-3/h10-11,15H,4-9H2,1-3H3. The van der Waals surface area contributed by atoms with Crippen molar-refractivity contribution in [3.63, 3.8) is 0 Å². The normalized spacial score (nSPS) is 23.9. The molecule has 1 amide bonds. The molecular formula is C12H24N2O4. The quantitative estimate of drug-likeness (QED) is 0.606. The highest BCUT2D eigenvalue weighted by molar-refractivity contribution is 5.78. The Balaban J connectivity index is 2.38. The van der Waals surface area contributed by atoms with Crippen LogP contribution in [-0.2, 0) is 14.3 Å². The van der Waals surface area contributed by atoms with Gasteiger partial charge in [-0.25, -0.2) is 0 Å². The van der Waals surface area contributed by atoms with Crippen molar-refractivity contribution in [3.05, 3.63) is 0 Å². The van der Waals surface area contributed by atoms with Crippen LogP contribution >= 0.6 is 0 Å². The van der Waals surface area contributed by atoms with E-state index in [0.717, 1.165) is 6.54 Å². The summed E-state index contributed by atoms with van der Waals surface area (Å²) < 4.78 is 10.1. The van der Waals surface area contributed by atoms with Gasteiger partial charge in [-0.2, -0.15) is 0 Å². The van der Waals surface area contributed by atoms with E-state index in [1.54, 1.807) is 12.0 Å². The van der Waals surface area contributed by atoms with Crippen molar-refractivity contribution in [3.8, 4) is 0 Å². The van der Waals surface area contributed by atoms with E-state index in [-0.39, 0.29) is 18.6 Å². The van der Waals surface area contributed by atoms with Crippen LogP contribution in [0.25, 0.3) is 0 Å². The summed E-state index contributed by atoms with van der Waals surface area (Å²) in [5.41, 5.74) is 0. The molecule has 0 bridgehead atoms. The van der Waals surface area contributed by atoms with Crippen LogP contribution in [0.1, 0.15) is 6.42 Å². The van der Waals surface area contributed by atoms with Gasteiger partial charge in [0.1, 0.15) is 6.61 Å². The molecule has 18 heavy (non-hydrogen) atoms. The Hall–Kier alpha value is -0.690. The van der Waals surface area contributed by atoms with Crippen molar-refractivity contribution < 1.29 is 19.4 Å². The van der Waals surface area contributed by atoms with E-state index < -0.39 is 6.10 Å². The molecule has 1 aliphatic rings. The molecule has 1 N–H and O–H groups in total. The fraction of sp³-hybridized carbons (Fsp3) is 0.917. The van der Waals surface area contributed by atoms with Gasteiger partial charge >= 0.3 is 0 Å². The van der Waals surface area contributed by atoms with Gasteiger partial charge in [0.2, 0.25) is 5.91 Å². The first kappa shape index (κ1) is 15.4. The largest absolute Gasteiger partial charge is 0.391 e. The number of nitrogens with zero attached hydrogens (tertiary/aromatic N) is 2. The molecule has 1 saturated heterocycles. The Bertz CT molecular complexity index is 260. The summed E-state index contributed by atoms with van der Waals surface area (Å²) >= 11 is 0. The first-order valence-corrected chi connectivity index (χ1v) is 6.23. The number of carbonyl (C=O) groups excluding carboxylic acids is 1. The zero-order valence-electron chi connectivity index (χ0n) is 11.5. The lowest BCUT2D eigenvalue weighted by molar-refractivity contribution is -0.137. The zero-order chi connectivity index (χ0) is 13.5. The van der Waals surface area contributed by atoms with Crippen molar-refractivity contribution in [2.45, 2.75) is 18.6 Å². The Morgan fingerprint density at radius 3 is 2.78 bits per heavy atom. The van der Waals surface area contributed by atoms with Gasteiger partial charge in [0.25, 0.3) is 0 Å². The second-order valence-electron chi connectivity index (χ2n) is 4.90. The van der Waals surface area contributed by atoms with Crippen LogP contribution in [0.3, 0.4) is 0 Å². The summed E-state index contributed by atoms with van der Waals surface area (Å²) in [5.74, 6) is -0.0606. The summed E-state index contributed by atoms with van der Waals surface area (Å²) in [6.45, 7) is 2.12. The number of ether oxygens (including phenoxy) is 2. The second-order valence-corrected chi connectivity index (χ2v) is 4.90. The maximum Gasteiger partial charge on any atom is 0.248 e. The van der Waals surface area contributed by atoms with Gasteiger partial charge in [-0.3, -0.25) is 4.79 Å². The highest BCUT2D eigenvalue weighted by atomic mass is 16.5. The van der Waals surface area contributed by atoms with E-state index in [1.165, 1.54) is 0 Å². The monoisotopic (exact) mass is 260 g/mol. The lowest BCUT2D eigenvalue weighted by atomic mass is 10.2. The highest BCUT2D eigenvalue weighted by Crippen LogP contribution is 2.18. The topological polar surface area (TPSA) is 62.2 Å². The Labute approximate surface area is 108 Å². The molecule has 2 unspecified atom stereocenters. The van der Waals surface area contributed by atoms with Crippen LogP contribution in [0.5, 0.6) is 0 Å². The zero-order valence-corrected chi connectivity index (χ0v) is 11.5. The van der Waals surface area contributed by atoms with E-state index in [2.05, 4.69) is 0 Å². The third-order valence-corrected chi connectivity index (χ3v) is 2.95. The summed E-state index contributed by atoms with van der Waals surface area (Å²) in [7, 11) is 5.51. The minimum absolute atomic E-state index is 0.0556. The number of likely N-dealkylation sites (tertiary alicyclic amines) is 1. The Kier molecular flexibility index (Phi) is 6.56. The van der Waals surface area contributed by atoms with Gasteiger partial charge in [-0.05, 0) is 20.5 Å². The SMILES string of the molecule is COCCOCC(=O)N1CC(O)CC1CN(C)C. The number of likely N-dealkylation sites (N-methyl/N-ethyl adjacent to an activating group) is 1. The molecule has 0 aromatic heterocycles. The number of methoxy groups -OCH3 is 1. The summed E-state index contributed by atoms with van der Waals surface area (Å²) in [6, 6.07) is 0.0773. The lowest BCUT2D eigenvalue weighted by Gasteiger charge is -2.26. The van der Waals surface area contributed by atoms with Gasteiger partial charge in [-0.1, -0.05) is 0 Å². The third kappa shape index (κ3) is 4.89. The molecule has 1 fully saturated rings. The van der Waals surface area contributed by atoms with E-state index in [0.29, 0.717) is 26.2 Å². The van der Waals surface area contributed by atoms with Crippen LogP contribution in [0.15, 0.2) is 0 Å². The number of aliphatic hydroxyl groups is 1. The van der Waals surface area contributed by atoms with E-state index in [1.807, 2.05) is 19.0 Å². The maximum atomic E-state index is 12.0. The van der Waals surface area contributed by atoms with E-state index in [9.17, 15) is 9.90 Å². The first-order chi connectivity index (χ1) is 8.54. The number of amides is 1. The average Bonchev–Trinajstić information content (AvgIpc) is 2.64. The van der Waals surface area contributed by atoms with E-state index >= 15 is 0 Å². The van der Waals surface area contributed by atoms with E-state index in [4.69, 9.17) is 9.47 Å². The van der Waals surface area contributed by atoms with Crippen LogP contribution in [0.2, 0.25) is 0 Å². The van der Waals surface area contributed by atoms with Gasteiger partial charge in [0.15, 0.2) is 0 Å². The van der Waals surface area contributed by atoms with Crippen LogP contribution in [0.4, 0.5) is 0 Å². The molecule has 2 atom stereocenters. The summed E-state index contributed by atoms with van der Waals surface area (Å²) in [4.78, 5) is 15.7. The van der Waals surface area contributed by atoms with Crippen molar-refractivity contribution in [1.29, 1.82) is 0 Å². The molecule has 0 radical (unpaired) electrons. The number of β-amino-alcohol motifs (C(OH)–C–C–N with tert-alkyl or cyclic N) is 1. The van der Waals surface area contributed by atoms with Gasteiger partial charge < -0.3 is 24.4 Å². The Morgan fingerprint density at radius 2 is 2.17 bits per heavy atom. The average molecular weight is 260 g/mol. The molecule has 0 aliphatic carbocycles. The minimum atomic E-state index is -0.419. The predicted octanol–water partition coefficient (Wildman–Crippen LogP) is -0.827. The molecule has 0 aromatic carbocycles. The van der Waals surface area contributed by atoms with Crippen molar-refractivity contribution in [2.24, 2.45) is 0 Å². The summed E-state index contributed by atoms with van der Waals surface area (Å²) in [5, 5.41) is 9.67. The van der Waals surface area contributed by atoms with Crippen molar-refractivity contribution in [2.75, 3.05) is 54.1 Å². The molecule has 6 nitrogen and oxygen atoms in total. The molecule has 0 spiro atoms. The molecule has 0 saturated carbocycles.